The summed E-state index contributed by atoms with van der Waals surface area (Å²) in [5, 5.41) is 2.14. The van der Waals surface area contributed by atoms with E-state index in [4.69, 9.17) is 4.74 Å². The number of pyridine rings is 1. The minimum Gasteiger partial charge on any atom is -0.462 e. The topological polar surface area (TPSA) is 42.4 Å². The lowest BCUT2D eigenvalue weighted by molar-refractivity contribution is 0.0526. The molecule has 0 atom stereocenters. The Kier molecular flexibility index (Phi) is 3.69. The van der Waals surface area contributed by atoms with Gasteiger partial charge >= 0.3 is 5.97 Å². The first-order valence-corrected chi connectivity index (χ1v) is 7.59. The average Bonchev–Trinajstić information content (AvgIpc) is 2.95. The maximum Gasteiger partial charge on any atom is 0.339 e. The molecule has 0 aliphatic carbocycles. The van der Waals surface area contributed by atoms with Gasteiger partial charge in [-0.3, -0.25) is 0 Å². The van der Waals surface area contributed by atoms with E-state index in [1.165, 1.54) is 10.4 Å². The Labute approximate surface area is 122 Å². The molecular formula is C15H16N2O2S. The van der Waals surface area contributed by atoms with E-state index in [-0.39, 0.29) is 5.97 Å². The first-order chi connectivity index (χ1) is 9.78. The van der Waals surface area contributed by atoms with Gasteiger partial charge < -0.3 is 9.64 Å². The molecule has 2 aromatic rings. The highest BCUT2D eigenvalue weighted by atomic mass is 32.1. The fraction of sp³-hybridized carbons (Fsp3) is 0.333. The molecule has 0 saturated carbocycles. The first-order valence-electron chi connectivity index (χ1n) is 6.71. The van der Waals surface area contributed by atoms with E-state index in [1.54, 1.807) is 19.2 Å². The molecule has 0 bridgehead atoms. The van der Waals surface area contributed by atoms with Crippen LogP contribution in [0.15, 0.2) is 29.8 Å². The normalized spacial score (nSPS) is 13.9. The third-order valence-corrected chi connectivity index (χ3v) is 4.41. The van der Waals surface area contributed by atoms with Gasteiger partial charge in [0.25, 0.3) is 0 Å². The zero-order chi connectivity index (χ0) is 13.9. The van der Waals surface area contributed by atoms with E-state index < -0.39 is 0 Å². The number of thiophene rings is 1. The molecule has 0 amide bonds. The standard InChI is InChI=1S/C15H16N2O2S/c1-2-19-15(18)11-3-4-14(16-9-11)17-7-5-13-12(10-17)6-8-20-13/h3-4,6,8-9H,2,5,7,10H2,1H3. The van der Waals surface area contributed by atoms with Crippen molar-refractivity contribution in [2.45, 2.75) is 19.9 Å². The van der Waals surface area contributed by atoms with Gasteiger partial charge in [-0.25, -0.2) is 9.78 Å². The van der Waals surface area contributed by atoms with E-state index in [1.807, 2.05) is 17.4 Å². The lowest BCUT2D eigenvalue weighted by Gasteiger charge is -2.27. The number of hydrogen-bond donors (Lipinski definition) is 0. The third kappa shape index (κ3) is 2.54. The van der Waals surface area contributed by atoms with Gasteiger partial charge in [-0.1, -0.05) is 0 Å². The summed E-state index contributed by atoms with van der Waals surface area (Å²) in [5.74, 6) is 0.597. The number of rotatable bonds is 3. The lowest BCUT2D eigenvalue weighted by atomic mass is 10.1. The fourth-order valence-electron chi connectivity index (χ4n) is 2.35. The summed E-state index contributed by atoms with van der Waals surface area (Å²) >= 11 is 1.83. The van der Waals surface area contributed by atoms with Crippen LogP contribution in [-0.4, -0.2) is 24.1 Å². The van der Waals surface area contributed by atoms with Crippen molar-refractivity contribution in [3.63, 3.8) is 0 Å². The molecule has 0 spiro atoms. The number of anilines is 1. The molecule has 1 aliphatic heterocycles. The van der Waals surface area contributed by atoms with Gasteiger partial charge in [0.05, 0.1) is 12.2 Å². The predicted molar refractivity (Wildman–Crippen MR) is 79.3 cm³/mol. The fourth-order valence-corrected chi connectivity index (χ4v) is 3.24. The van der Waals surface area contributed by atoms with Crippen LogP contribution in [0, 0.1) is 0 Å². The number of hydrogen-bond acceptors (Lipinski definition) is 5. The number of esters is 1. The van der Waals surface area contributed by atoms with Crippen LogP contribution in [0.2, 0.25) is 0 Å². The van der Waals surface area contributed by atoms with Crippen molar-refractivity contribution in [2.24, 2.45) is 0 Å². The predicted octanol–water partition coefficient (Wildman–Crippen LogP) is 2.88. The highest BCUT2D eigenvalue weighted by Crippen LogP contribution is 2.26. The van der Waals surface area contributed by atoms with Crippen molar-refractivity contribution in [1.29, 1.82) is 0 Å². The van der Waals surface area contributed by atoms with Crippen molar-refractivity contribution < 1.29 is 9.53 Å². The smallest absolute Gasteiger partial charge is 0.339 e. The van der Waals surface area contributed by atoms with Crippen LogP contribution in [0.4, 0.5) is 5.82 Å². The summed E-state index contributed by atoms with van der Waals surface area (Å²) in [6, 6.07) is 5.85. The van der Waals surface area contributed by atoms with Gasteiger partial charge in [0.2, 0.25) is 0 Å². The van der Waals surface area contributed by atoms with Crippen molar-refractivity contribution in [2.75, 3.05) is 18.1 Å². The number of carbonyl (C=O) groups excluding carboxylic acids is 1. The number of aromatic nitrogens is 1. The monoisotopic (exact) mass is 288 g/mol. The molecule has 2 aromatic heterocycles. The molecule has 1 aliphatic rings. The van der Waals surface area contributed by atoms with E-state index in [0.717, 1.165) is 25.3 Å². The minimum absolute atomic E-state index is 0.315. The van der Waals surface area contributed by atoms with Crippen LogP contribution in [0.5, 0.6) is 0 Å². The maximum atomic E-state index is 11.6. The molecule has 4 nitrogen and oxygen atoms in total. The Morgan fingerprint density at radius 2 is 2.35 bits per heavy atom. The molecule has 104 valence electrons. The third-order valence-electron chi connectivity index (χ3n) is 3.39. The van der Waals surface area contributed by atoms with Gasteiger partial charge in [0.1, 0.15) is 5.82 Å². The highest BCUT2D eigenvalue weighted by Gasteiger charge is 2.18. The lowest BCUT2D eigenvalue weighted by Crippen LogP contribution is -2.30. The SMILES string of the molecule is CCOC(=O)c1ccc(N2CCc3sccc3C2)nc1. The van der Waals surface area contributed by atoms with Crippen LogP contribution in [0.1, 0.15) is 27.7 Å². The summed E-state index contributed by atoms with van der Waals surface area (Å²) in [7, 11) is 0. The van der Waals surface area contributed by atoms with E-state index in [2.05, 4.69) is 21.3 Å². The van der Waals surface area contributed by atoms with Crippen molar-refractivity contribution >= 4 is 23.1 Å². The second-order valence-corrected chi connectivity index (χ2v) is 5.67. The summed E-state index contributed by atoms with van der Waals surface area (Å²) in [4.78, 5) is 19.7. The van der Waals surface area contributed by atoms with E-state index in [0.29, 0.717) is 12.2 Å². The van der Waals surface area contributed by atoms with Gasteiger partial charge in [-0.2, -0.15) is 0 Å². The second kappa shape index (κ2) is 5.63. The second-order valence-electron chi connectivity index (χ2n) is 4.67. The molecule has 0 fully saturated rings. The molecule has 0 aromatic carbocycles. The molecule has 20 heavy (non-hydrogen) atoms. The largest absolute Gasteiger partial charge is 0.462 e. The molecule has 0 saturated heterocycles. The molecule has 0 N–H and O–H groups in total. The van der Waals surface area contributed by atoms with Crippen LogP contribution in [-0.2, 0) is 17.7 Å². The van der Waals surface area contributed by atoms with Gasteiger partial charge in [-0.05, 0) is 42.5 Å². The van der Waals surface area contributed by atoms with Crippen LogP contribution in [0.3, 0.4) is 0 Å². The molecule has 5 heteroatoms. The number of fused-ring (bicyclic) bond motifs is 1. The van der Waals surface area contributed by atoms with Gasteiger partial charge in [0.15, 0.2) is 0 Å². The summed E-state index contributed by atoms with van der Waals surface area (Å²) in [5.41, 5.74) is 1.89. The summed E-state index contributed by atoms with van der Waals surface area (Å²) in [6.07, 6.45) is 2.66. The van der Waals surface area contributed by atoms with E-state index >= 15 is 0 Å². The highest BCUT2D eigenvalue weighted by molar-refractivity contribution is 7.10. The molecular weight excluding hydrogens is 272 g/mol. The van der Waals surface area contributed by atoms with Crippen molar-refractivity contribution in [1.82, 2.24) is 4.98 Å². The number of nitrogens with zero attached hydrogens (tertiary/aromatic N) is 2. The Bertz CT molecular complexity index is 607. The van der Waals surface area contributed by atoms with Crippen LogP contribution in [0.25, 0.3) is 0 Å². The molecule has 3 heterocycles. The maximum absolute atomic E-state index is 11.6. The van der Waals surface area contributed by atoms with Gasteiger partial charge in [-0.15, -0.1) is 11.3 Å². The van der Waals surface area contributed by atoms with Crippen LogP contribution < -0.4 is 4.90 Å². The average molecular weight is 288 g/mol. The van der Waals surface area contributed by atoms with Crippen LogP contribution >= 0.6 is 11.3 Å². The zero-order valence-electron chi connectivity index (χ0n) is 11.3. The molecule has 0 radical (unpaired) electrons. The Hall–Kier alpha value is -1.88. The van der Waals surface area contributed by atoms with E-state index in [9.17, 15) is 4.79 Å². The number of ether oxygens (including phenoxy) is 1. The Balaban J connectivity index is 1.74. The summed E-state index contributed by atoms with van der Waals surface area (Å²) < 4.78 is 4.96. The van der Waals surface area contributed by atoms with Gasteiger partial charge in [0, 0.05) is 24.2 Å². The van der Waals surface area contributed by atoms with Crippen molar-refractivity contribution in [3.8, 4) is 0 Å². The number of carbonyl (C=O) groups is 1. The molecule has 0 unspecified atom stereocenters. The summed E-state index contributed by atoms with van der Waals surface area (Å²) in [6.45, 7) is 4.05. The Morgan fingerprint density at radius 3 is 3.10 bits per heavy atom. The molecule has 3 rings (SSSR count). The zero-order valence-corrected chi connectivity index (χ0v) is 12.2. The minimum atomic E-state index is -0.315. The quantitative estimate of drug-likeness (QED) is 0.815. The first kappa shape index (κ1) is 13.1. The van der Waals surface area contributed by atoms with Crippen molar-refractivity contribution in [3.05, 3.63) is 45.8 Å². The Morgan fingerprint density at radius 1 is 1.45 bits per heavy atom.